The van der Waals surface area contributed by atoms with Crippen LogP contribution in [0.3, 0.4) is 0 Å². The van der Waals surface area contributed by atoms with E-state index in [0.29, 0.717) is 5.92 Å². The van der Waals surface area contributed by atoms with Gasteiger partial charge in [0, 0.05) is 6.04 Å². The minimum absolute atomic E-state index is 0.266. The van der Waals surface area contributed by atoms with Crippen molar-refractivity contribution in [1.29, 1.82) is 0 Å². The van der Waals surface area contributed by atoms with Crippen LogP contribution in [-0.4, -0.2) is 0 Å². The lowest BCUT2D eigenvalue weighted by Gasteiger charge is -2.29. The van der Waals surface area contributed by atoms with E-state index in [4.69, 9.17) is 5.73 Å². The second-order valence-electron chi connectivity index (χ2n) is 5.04. The van der Waals surface area contributed by atoms with Gasteiger partial charge in [-0.25, -0.2) is 0 Å². The fourth-order valence-corrected chi connectivity index (χ4v) is 2.87. The van der Waals surface area contributed by atoms with Gasteiger partial charge >= 0.3 is 0 Å². The molecule has 0 amide bonds. The first-order valence-electron chi connectivity index (χ1n) is 6.58. The van der Waals surface area contributed by atoms with Gasteiger partial charge in [-0.05, 0) is 53.9 Å². The smallest absolute Gasteiger partial charge is 0.0297 e. The Labute approximate surface area is 99.0 Å². The van der Waals surface area contributed by atoms with Crippen molar-refractivity contribution in [3.63, 3.8) is 0 Å². The lowest BCUT2D eigenvalue weighted by molar-refractivity contribution is 0.512. The SMILES string of the molecule is CCc1cc2c(cc1CC)C(N)CCC2C. The molecule has 0 saturated carbocycles. The van der Waals surface area contributed by atoms with Gasteiger partial charge in [0.1, 0.15) is 0 Å². The number of rotatable bonds is 2. The molecule has 2 atom stereocenters. The molecule has 0 aromatic heterocycles. The molecule has 88 valence electrons. The highest BCUT2D eigenvalue weighted by Gasteiger charge is 2.23. The number of nitrogens with two attached hydrogens (primary N) is 1. The maximum Gasteiger partial charge on any atom is 0.0297 e. The lowest BCUT2D eigenvalue weighted by Crippen LogP contribution is -2.20. The number of hydrogen-bond donors (Lipinski definition) is 1. The highest BCUT2D eigenvalue weighted by Crippen LogP contribution is 2.37. The predicted octanol–water partition coefficient (Wildman–Crippen LogP) is 3.71. The van der Waals surface area contributed by atoms with Crippen molar-refractivity contribution < 1.29 is 0 Å². The summed E-state index contributed by atoms with van der Waals surface area (Å²) in [6.07, 6.45) is 4.64. The van der Waals surface area contributed by atoms with Gasteiger partial charge in [0.15, 0.2) is 0 Å². The van der Waals surface area contributed by atoms with Gasteiger partial charge < -0.3 is 5.73 Å². The topological polar surface area (TPSA) is 26.0 Å². The molecule has 1 aliphatic carbocycles. The molecule has 1 heteroatoms. The van der Waals surface area contributed by atoms with Crippen molar-refractivity contribution >= 4 is 0 Å². The molecule has 16 heavy (non-hydrogen) atoms. The van der Waals surface area contributed by atoms with Crippen molar-refractivity contribution in [1.82, 2.24) is 0 Å². The minimum Gasteiger partial charge on any atom is -0.324 e. The zero-order valence-electron chi connectivity index (χ0n) is 10.7. The molecule has 0 spiro atoms. The third-order valence-electron chi connectivity index (χ3n) is 4.01. The summed E-state index contributed by atoms with van der Waals surface area (Å²) >= 11 is 0. The summed E-state index contributed by atoms with van der Waals surface area (Å²) in [6, 6.07) is 5.05. The molecule has 2 unspecified atom stereocenters. The van der Waals surface area contributed by atoms with Gasteiger partial charge in [-0.15, -0.1) is 0 Å². The van der Waals surface area contributed by atoms with Crippen molar-refractivity contribution in [2.24, 2.45) is 5.73 Å². The summed E-state index contributed by atoms with van der Waals surface area (Å²) in [7, 11) is 0. The summed E-state index contributed by atoms with van der Waals surface area (Å²) in [6.45, 7) is 6.81. The molecule has 0 saturated heterocycles. The highest BCUT2D eigenvalue weighted by molar-refractivity contribution is 5.43. The normalized spacial score (nSPS) is 24.2. The molecule has 0 heterocycles. The molecule has 0 radical (unpaired) electrons. The van der Waals surface area contributed by atoms with Gasteiger partial charge in [-0.3, -0.25) is 0 Å². The van der Waals surface area contributed by atoms with Crippen LogP contribution in [0.15, 0.2) is 12.1 Å². The van der Waals surface area contributed by atoms with Gasteiger partial charge in [-0.2, -0.15) is 0 Å². The van der Waals surface area contributed by atoms with E-state index in [-0.39, 0.29) is 6.04 Å². The Kier molecular flexibility index (Phi) is 3.34. The van der Waals surface area contributed by atoms with Crippen LogP contribution in [0, 0.1) is 0 Å². The molecule has 1 aromatic carbocycles. The standard InChI is InChI=1S/C15H23N/c1-4-11-8-13-10(3)6-7-15(16)14(13)9-12(11)5-2/h8-10,15H,4-7,16H2,1-3H3. The minimum atomic E-state index is 0.266. The fraction of sp³-hybridized carbons (Fsp3) is 0.600. The van der Waals surface area contributed by atoms with Crippen LogP contribution in [0.1, 0.15) is 67.8 Å². The largest absolute Gasteiger partial charge is 0.324 e. The average Bonchev–Trinajstić information content (AvgIpc) is 2.32. The van der Waals surface area contributed by atoms with Crippen molar-refractivity contribution in [2.45, 2.75) is 58.4 Å². The zero-order chi connectivity index (χ0) is 11.7. The molecule has 1 aliphatic rings. The van der Waals surface area contributed by atoms with Crippen LogP contribution < -0.4 is 5.73 Å². The van der Waals surface area contributed by atoms with Crippen LogP contribution in [0.25, 0.3) is 0 Å². The Bertz CT molecular complexity index is 344. The van der Waals surface area contributed by atoms with E-state index in [0.717, 1.165) is 19.3 Å². The molecule has 1 nitrogen and oxygen atoms in total. The first-order valence-corrected chi connectivity index (χ1v) is 6.58. The Hall–Kier alpha value is -0.820. The van der Waals surface area contributed by atoms with Gasteiger partial charge in [0.2, 0.25) is 0 Å². The summed E-state index contributed by atoms with van der Waals surface area (Å²) < 4.78 is 0. The first-order chi connectivity index (χ1) is 7.67. The van der Waals surface area contributed by atoms with E-state index < -0.39 is 0 Å². The van der Waals surface area contributed by atoms with E-state index in [1.54, 1.807) is 0 Å². The molecule has 2 rings (SSSR count). The number of aryl methyl sites for hydroxylation is 2. The molecular formula is C15H23N. The van der Waals surface area contributed by atoms with Crippen LogP contribution in [0.2, 0.25) is 0 Å². The third kappa shape index (κ3) is 1.89. The fourth-order valence-electron chi connectivity index (χ4n) is 2.87. The monoisotopic (exact) mass is 217 g/mol. The lowest BCUT2D eigenvalue weighted by atomic mass is 9.79. The Morgan fingerprint density at radius 2 is 1.62 bits per heavy atom. The van der Waals surface area contributed by atoms with Crippen LogP contribution in [0.5, 0.6) is 0 Å². The van der Waals surface area contributed by atoms with Crippen LogP contribution in [-0.2, 0) is 12.8 Å². The second kappa shape index (κ2) is 4.58. The zero-order valence-corrected chi connectivity index (χ0v) is 10.7. The number of hydrogen-bond acceptors (Lipinski definition) is 1. The van der Waals surface area contributed by atoms with Gasteiger partial charge in [-0.1, -0.05) is 32.9 Å². The maximum absolute atomic E-state index is 6.22. The first kappa shape index (κ1) is 11.7. The summed E-state index contributed by atoms with van der Waals surface area (Å²) in [5.74, 6) is 0.686. The van der Waals surface area contributed by atoms with E-state index in [1.807, 2.05) is 0 Å². The van der Waals surface area contributed by atoms with E-state index in [1.165, 1.54) is 28.7 Å². The average molecular weight is 217 g/mol. The molecule has 2 N–H and O–H groups in total. The summed E-state index contributed by atoms with van der Waals surface area (Å²) in [5.41, 5.74) is 12.1. The Balaban J connectivity index is 2.53. The van der Waals surface area contributed by atoms with Crippen molar-refractivity contribution in [3.8, 4) is 0 Å². The molecular weight excluding hydrogens is 194 g/mol. The summed E-state index contributed by atoms with van der Waals surface area (Å²) in [4.78, 5) is 0. The number of benzene rings is 1. The van der Waals surface area contributed by atoms with Crippen molar-refractivity contribution in [2.75, 3.05) is 0 Å². The molecule has 0 bridgehead atoms. The van der Waals surface area contributed by atoms with Crippen LogP contribution >= 0.6 is 0 Å². The maximum atomic E-state index is 6.22. The van der Waals surface area contributed by atoms with Gasteiger partial charge in [0.05, 0.1) is 0 Å². The molecule has 0 fully saturated rings. The van der Waals surface area contributed by atoms with Crippen molar-refractivity contribution in [3.05, 3.63) is 34.4 Å². The predicted molar refractivity (Wildman–Crippen MR) is 69.8 cm³/mol. The number of fused-ring (bicyclic) bond motifs is 1. The molecule has 1 aromatic rings. The van der Waals surface area contributed by atoms with Crippen LogP contribution in [0.4, 0.5) is 0 Å². The second-order valence-corrected chi connectivity index (χ2v) is 5.04. The quantitative estimate of drug-likeness (QED) is 0.803. The third-order valence-corrected chi connectivity index (χ3v) is 4.01. The summed E-state index contributed by atoms with van der Waals surface area (Å²) in [5, 5.41) is 0. The van der Waals surface area contributed by atoms with E-state index >= 15 is 0 Å². The Morgan fingerprint density at radius 1 is 1.06 bits per heavy atom. The molecule has 0 aliphatic heterocycles. The van der Waals surface area contributed by atoms with E-state index in [2.05, 4.69) is 32.9 Å². The highest BCUT2D eigenvalue weighted by atomic mass is 14.6. The van der Waals surface area contributed by atoms with Gasteiger partial charge in [0.25, 0.3) is 0 Å². The Morgan fingerprint density at radius 3 is 2.19 bits per heavy atom. The van der Waals surface area contributed by atoms with E-state index in [9.17, 15) is 0 Å².